The van der Waals surface area contributed by atoms with Gasteiger partial charge >= 0.3 is 6.16 Å². The van der Waals surface area contributed by atoms with Crippen molar-refractivity contribution in [2.45, 2.75) is 24.7 Å². The molecule has 1 heterocycles. The molecular weight excluding hydrogens is 452 g/mol. The van der Waals surface area contributed by atoms with Gasteiger partial charge in [-0.15, -0.1) is 0 Å². The summed E-state index contributed by atoms with van der Waals surface area (Å²) in [6.07, 6.45) is -1.15. The third-order valence-electron chi connectivity index (χ3n) is 4.90. The molecule has 0 radical (unpaired) electrons. The number of carbonyl (C=O) groups excluding carboxylic acids is 1. The number of nitrogens with one attached hydrogen (secondary N) is 1. The average Bonchev–Trinajstić information content (AvgIpc) is 2.79. The van der Waals surface area contributed by atoms with Crippen molar-refractivity contribution in [1.29, 1.82) is 0 Å². The van der Waals surface area contributed by atoms with E-state index in [9.17, 15) is 23.3 Å². The molecular formula is C22H22N2O8S. The number of nitrogens with zero attached hydrogens (tertiary/aromatic N) is 1. The predicted octanol–water partition coefficient (Wildman–Crippen LogP) is 3.36. The van der Waals surface area contributed by atoms with Crippen LogP contribution in [0.1, 0.15) is 25.3 Å². The Bertz CT molecular complexity index is 1240. The van der Waals surface area contributed by atoms with Crippen molar-refractivity contribution in [1.82, 2.24) is 5.32 Å². The normalized spacial score (nSPS) is 16.3. The average molecular weight is 474 g/mol. The molecule has 0 saturated heterocycles. The van der Waals surface area contributed by atoms with Crippen LogP contribution in [0.15, 0.2) is 81.6 Å². The lowest BCUT2D eigenvalue weighted by molar-refractivity contribution is -0.384. The SMILES string of the molecule is CC1=C(OC(=O)OCCO)C(c2cccc([N+](=O)[O-])c2)C(S(=O)(=O)c2ccccc2)=C(C)N1. The lowest BCUT2D eigenvalue weighted by Gasteiger charge is -2.31. The van der Waals surface area contributed by atoms with Crippen molar-refractivity contribution in [2.24, 2.45) is 0 Å². The number of ether oxygens (including phenoxy) is 2. The monoisotopic (exact) mass is 474 g/mol. The van der Waals surface area contributed by atoms with E-state index in [1.165, 1.54) is 36.4 Å². The van der Waals surface area contributed by atoms with Gasteiger partial charge in [-0.2, -0.15) is 0 Å². The first kappa shape index (κ1) is 24.0. The quantitative estimate of drug-likeness (QED) is 0.350. The number of dihydropyridines is 1. The molecule has 2 aromatic carbocycles. The Balaban J connectivity index is 2.20. The van der Waals surface area contributed by atoms with E-state index in [1.54, 1.807) is 32.0 Å². The molecule has 33 heavy (non-hydrogen) atoms. The van der Waals surface area contributed by atoms with Crippen LogP contribution in [0.2, 0.25) is 0 Å². The van der Waals surface area contributed by atoms with Crippen LogP contribution < -0.4 is 5.32 Å². The summed E-state index contributed by atoms with van der Waals surface area (Å²) in [5.74, 6) is -1.25. The summed E-state index contributed by atoms with van der Waals surface area (Å²) in [6, 6.07) is 13.1. The van der Waals surface area contributed by atoms with E-state index in [2.05, 4.69) is 5.32 Å². The molecule has 174 valence electrons. The number of nitro groups is 1. The molecule has 0 bridgehead atoms. The van der Waals surface area contributed by atoms with Gasteiger partial charge in [0.25, 0.3) is 5.69 Å². The topological polar surface area (TPSA) is 145 Å². The number of non-ortho nitro benzene ring substituents is 1. The van der Waals surface area contributed by atoms with Gasteiger partial charge in [0.2, 0.25) is 9.84 Å². The maximum atomic E-state index is 13.7. The Morgan fingerprint density at radius 3 is 2.45 bits per heavy atom. The molecule has 3 rings (SSSR count). The number of nitro benzene ring substituents is 1. The summed E-state index contributed by atoms with van der Waals surface area (Å²) in [5.41, 5.74) is 0.602. The number of hydrogen-bond donors (Lipinski definition) is 2. The standard InChI is InChI=1S/C22H22N2O8S/c1-14-20(32-22(26)31-12-11-25)19(16-7-6-8-17(13-16)24(27)28)21(15(2)23-14)33(29,30)18-9-4-3-5-10-18/h3-10,13,19,23,25H,11-12H2,1-2H3. The Morgan fingerprint density at radius 1 is 1.12 bits per heavy atom. The molecule has 0 fully saturated rings. The molecule has 11 heteroatoms. The maximum absolute atomic E-state index is 13.7. The summed E-state index contributed by atoms with van der Waals surface area (Å²) in [5, 5.41) is 23.2. The number of rotatable bonds is 7. The number of aliphatic hydroxyl groups excluding tert-OH is 1. The minimum atomic E-state index is -4.11. The Kier molecular flexibility index (Phi) is 7.14. The second-order valence-electron chi connectivity index (χ2n) is 7.13. The van der Waals surface area contributed by atoms with Gasteiger partial charge < -0.3 is 19.9 Å². The van der Waals surface area contributed by atoms with Crippen molar-refractivity contribution in [2.75, 3.05) is 13.2 Å². The van der Waals surface area contributed by atoms with Gasteiger partial charge in [0.05, 0.1) is 32.9 Å². The lowest BCUT2D eigenvalue weighted by Crippen LogP contribution is -2.30. The Hall–Kier alpha value is -3.70. The fourth-order valence-corrected chi connectivity index (χ4v) is 5.32. The van der Waals surface area contributed by atoms with E-state index in [1.807, 2.05) is 0 Å². The molecule has 1 aliphatic heterocycles. The minimum Gasteiger partial charge on any atom is -0.432 e. The molecule has 0 saturated carbocycles. The highest BCUT2D eigenvalue weighted by molar-refractivity contribution is 7.95. The van der Waals surface area contributed by atoms with Crippen LogP contribution in [-0.4, -0.2) is 37.8 Å². The zero-order valence-corrected chi connectivity index (χ0v) is 18.7. The molecule has 0 amide bonds. The molecule has 0 spiro atoms. The molecule has 2 N–H and O–H groups in total. The third-order valence-corrected chi connectivity index (χ3v) is 6.91. The highest BCUT2D eigenvalue weighted by atomic mass is 32.2. The van der Waals surface area contributed by atoms with Crippen molar-refractivity contribution in [3.05, 3.63) is 92.3 Å². The number of benzene rings is 2. The fourth-order valence-electron chi connectivity index (χ4n) is 3.54. The molecule has 2 aromatic rings. The van der Waals surface area contributed by atoms with Crippen molar-refractivity contribution < 1.29 is 32.7 Å². The van der Waals surface area contributed by atoms with Gasteiger partial charge in [-0.05, 0) is 31.5 Å². The van der Waals surface area contributed by atoms with E-state index in [0.717, 1.165) is 0 Å². The molecule has 10 nitrogen and oxygen atoms in total. The van der Waals surface area contributed by atoms with Crippen LogP contribution in [0.3, 0.4) is 0 Å². The lowest BCUT2D eigenvalue weighted by atomic mass is 9.92. The molecule has 1 aliphatic rings. The number of hydrogen-bond acceptors (Lipinski definition) is 9. The van der Waals surface area contributed by atoms with Crippen LogP contribution in [0, 0.1) is 10.1 Å². The molecule has 1 unspecified atom stereocenters. The highest BCUT2D eigenvalue weighted by Gasteiger charge is 2.40. The van der Waals surface area contributed by atoms with Crippen molar-refractivity contribution in [3.8, 4) is 0 Å². The van der Waals surface area contributed by atoms with E-state index in [0.29, 0.717) is 5.70 Å². The van der Waals surface area contributed by atoms with Gasteiger partial charge in [0.15, 0.2) is 0 Å². The second kappa shape index (κ2) is 9.84. The zero-order chi connectivity index (χ0) is 24.2. The summed E-state index contributed by atoms with van der Waals surface area (Å²) in [6.45, 7) is 2.40. The van der Waals surface area contributed by atoms with E-state index < -0.39 is 33.4 Å². The first-order valence-electron chi connectivity index (χ1n) is 9.85. The maximum Gasteiger partial charge on any atom is 0.513 e. The largest absolute Gasteiger partial charge is 0.513 e. The Morgan fingerprint density at radius 2 is 1.82 bits per heavy atom. The predicted molar refractivity (Wildman–Crippen MR) is 118 cm³/mol. The number of carbonyl (C=O) groups is 1. The van der Waals surface area contributed by atoms with E-state index in [4.69, 9.17) is 14.6 Å². The number of aliphatic hydroxyl groups is 1. The van der Waals surface area contributed by atoms with E-state index >= 15 is 0 Å². The van der Waals surface area contributed by atoms with Crippen LogP contribution in [0.5, 0.6) is 0 Å². The molecule has 1 atom stereocenters. The van der Waals surface area contributed by atoms with Gasteiger partial charge in [-0.25, -0.2) is 13.2 Å². The Labute approximate surface area is 190 Å². The van der Waals surface area contributed by atoms with E-state index in [-0.39, 0.29) is 39.1 Å². The summed E-state index contributed by atoms with van der Waals surface area (Å²) < 4.78 is 37.4. The van der Waals surface area contributed by atoms with Gasteiger partial charge in [0, 0.05) is 17.8 Å². The van der Waals surface area contributed by atoms with Crippen LogP contribution in [0.4, 0.5) is 10.5 Å². The van der Waals surface area contributed by atoms with Gasteiger partial charge in [-0.3, -0.25) is 10.1 Å². The molecule has 0 aliphatic carbocycles. The molecule has 0 aromatic heterocycles. The summed E-state index contributed by atoms with van der Waals surface area (Å²) >= 11 is 0. The fraction of sp³-hybridized carbons (Fsp3) is 0.227. The van der Waals surface area contributed by atoms with Gasteiger partial charge in [-0.1, -0.05) is 30.3 Å². The zero-order valence-electron chi connectivity index (χ0n) is 17.8. The number of allylic oxidation sites excluding steroid dienone is 3. The van der Waals surface area contributed by atoms with Crippen LogP contribution >= 0.6 is 0 Å². The summed E-state index contributed by atoms with van der Waals surface area (Å²) in [7, 11) is -4.11. The number of sulfone groups is 1. The smallest absolute Gasteiger partial charge is 0.432 e. The minimum absolute atomic E-state index is 0.0124. The van der Waals surface area contributed by atoms with Gasteiger partial charge in [0.1, 0.15) is 12.4 Å². The van der Waals surface area contributed by atoms with Crippen LogP contribution in [-0.2, 0) is 19.3 Å². The second-order valence-corrected chi connectivity index (χ2v) is 9.05. The van der Waals surface area contributed by atoms with Crippen molar-refractivity contribution in [3.63, 3.8) is 0 Å². The third kappa shape index (κ3) is 5.04. The first-order chi connectivity index (χ1) is 15.7. The van der Waals surface area contributed by atoms with Crippen LogP contribution in [0.25, 0.3) is 0 Å². The summed E-state index contributed by atoms with van der Waals surface area (Å²) in [4.78, 5) is 22.8. The van der Waals surface area contributed by atoms with Crippen molar-refractivity contribution >= 4 is 21.7 Å². The highest BCUT2D eigenvalue weighted by Crippen LogP contribution is 2.43. The first-order valence-corrected chi connectivity index (χ1v) is 11.3.